The van der Waals surface area contributed by atoms with Crippen molar-refractivity contribution in [1.82, 2.24) is 4.98 Å². The van der Waals surface area contributed by atoms with Gasteiger partial charge in [0.05, 0.1) is 5.69 Å². The highest BCUT2D eigenvalue weighted by Crippen LogP contribution is 2.36. The minimum atomic E-state index is -0.512. The predicted molar refractivity (Wildman–Crippen MR) is 113 cm³/mol. The van der Waals surface area contributed by atoms with Crippen LogP contribution in [-0.4, -0.2) is 22.8 Å². The van der Waals surface area contributed by atoms with Crippen LogP contribution in [-0.2, 0) is 20.8 Å². The number of thiazole rings is 1. The number of anilines is 1. The molecule has 0 atom stereocenters. The summed E-state index contributed by atoms with van der Waals surface area (Å²) in [5.41, 5.74) is 4.45. The number of fused-ring (bicyclic) bond motifs is 1. The van der Waals surface area contributed by atoms with Crippen molar-refractivity contribution in [1.29, 1.82) is 0 Å². The highest BCUT2D eigenvalue weighted by Gasteiger charge is 2.17. The number of nitrogens with zero attached hydrogens (tertiary/aromatic N) is 1. The Morgan fingerprint density at radius 2 is 1.70 bits per heavy atom. The molecule has 0 fully saturated rings. The molecule has 0 spiro atoms. The topological polar surface area (TPSA) is 94.6 Å². The van der Waals surface area contributed by atoms with Crippen LogP contribution in [0.5, 0.6) is 11.5 Å². The van der Waals surface area contributed by atoms with Crippen LogP contribution in [0.3, 0.4) is 0 Å². The SMILES string of the molecule is CC(=O)Oc1ccc(-c2nc(-c3ccc4c(c3)CCC(=O)N4)cs2)cc1OC(C)=O. The highest BCUT2D eigenvalue weighted by atomic mass is 32.1. The van der Waals surface area contributed by atoms with Crippen LogP contribution >= 0.6 is 11.3 Å². The second-order valence-corrected chi connectivity index (χ2v) is 7.66. The van der Waals surface area contributed by atoms with Crippen molar-refractivity contribution >= 4 is 34.9 Å². The number of aromatic nitrogens is 1. The number of ether oxygens (including phenoxy) is 2. The molecule has 0 aliphatic carbocycles. The monoisotopic (exact) mass is 422 g/mol. The van der Waals surface area contributed by atoms with E-state index < -0.39 is 11.9 Å². The Hall–Kier alpha value is -3.52. The molecule has 4 rings (SSSR count). The van der Waals surface area contributed by atoms with Crippen LogP contribution in [0.4, 0.5) is 5.69 Å². The summed E-state index contributed by atoms with van der Waals surface area (Å²) in [7, 11) is 0. The third-order valence-corrected chi connectivity index (χ3v) is 5.39. The van der Waals surface area contributed by atoms with Crippen LogP contribution < -0.4 is 14.8 Å². The number of hydrogen-bond acceptors (Lipinski definition) is 7. The van der Waals surface area contributed by atoms with Gasteiger partial charge >= 0.3 is 11.9 Å². The first-order valence-corrected chi connectivity index (χ1v) is 10.2. The van der Waals surface area contributed by atoms with Gasteiger partial charge in [-0.2, -0.15) is 0 Å². The van der Waals surface area contributed by atoms with E-state index in [-0.39, 0.29) is 17.4 Å². The van der Waals surface area contributed by atoms with Crippen LogP contribution in [0.15, 0.2) is 41.8 Å². The van der Waals surface area contributed by atoms with Gasteiger partial charge in [0.1, 0.15) is 5.01 Å². The number of carbonyl (C=O) groups excluding carboxylic acids is 3. The van der Waals surface area contributed by atoms with Gasteiger partial charge in [-0.25, -0.2) is 4.98 Å². The molecular weight excluding hydrogens is 404 g/mol. The fraction of sp³-hybridized carbons (Fsp3) is 0.182. The van der Waals surface area contributed by atoms with Gasteiger partial charge in [0.2, 0.25) is 5.91 Å². The number of nitrogens with one attached hydrogen (secondary N) is 1. The van der Waals surface area contributed by atoms with E-state index in [4.69, 9.17) is 14.5 Å². The number of benzene rings is 2. The lowest BCUT2D eigenvalue weighted by Crippen LogP contribution is -2.18. The molecule has 7 nitrogen and oxygen atoms in total. The third kappa shape index (κ3) is 4.23. The van der Waals surface area contributed by atoms with Crippen LogP contribution in [0.2, 0.25) is 0 Å². The quantitative estimate of drug-likeness (QED) is 0.500. The fourth-order valence-electron chi connectivity index (χ4n) is 3.20. The maximum Gasteiger partial charge on any atom is 0.308 e. The molecule has 0 bridgehead atoms. The summed E-state index contributed by atoms with van der Waals surface area (Å²) >= 11 is 1.45. The van der Waals surface area contributed by atoms with E-state index >= 15 is 0 Å². The van der Waals surface area contributed by atoms with E-state index in [9.17, 15) is 14.4 Å². The van der Waals surface area contributed by atoms with E-state index in [0.717, 1.165) is 33.1 Å². The maximum atomic E-state index is 11.5. The zero-order valence-corrected chi connectivity index (χ0v) is 17.2. The van der Waals surface area contributed by atoms with Gasteiger partial charge in [-0.1, -0.05) is 6.07 Å². The number of carbonyl (C=O) groups is 3. The molecule has 0 saturated carbocycles. The lowest BCUT2D eigenvalue weighted by atomic mass is 9.99. The number of rotatable bonds is 4. The lowest BCUT2D eigenvalue weighted by Gasteiger charge is -2.17. The first-order valence-electron chi connectivity index (χ1n) is 9.29. The molecule has 1 aromatic heterocycles. The fourth-order valence-corrected chi connectivity index (χ4v) is 4.02. The number of aryl methyl sites for hydroxylation is 1. The van der Waals surface area contributed by atoms with Crippen molar-refractivity contribution in [3.8, 4) is 33.3 Å². The molecule has 0 radical (unpaired) electrons. The zero-order chi connectivity index (χ0) is 21.3. The van der Waals surface area contributed by atoms with Gasteiger partial charge in [0, 0.05) is 42.5 Å². The van der Waals surface area contributed by atoms with Crippen molar-refractivity contribution in [3.05, 3.63) is 47.3 Å². The van der Waals surface area contributed by atoms with E-state index in [1.807, 2.05) is 23.6 Å². The number of esters is 2. The summed E-state index contributed by atoms with van der Waals surface area (Å²) in [5, 5.41) is 5.56. The predicted octanol–water partition coefficient (Wildman–Crippen LogP) is 4.21. The molecule has 8 heteroatoms. The van der Waals surface area contributed by atoms with Gasteiger partial charge in [-0.3, -0.25) is 14.4 Å². The Labute approximate surface area is 176 Å². The molecule has 1 aliphatic rings. The molecule has 1 amide bonds. The second-order valence-electron chi connectivity index (χ2n) is 6.81. The van der Waals surface area contributed by atoms with Gasteiger partial charge in [-0.15, -0.1) is 11.3 Å². The van der Waals surface area contributed by atoms with E-state index in [2.05, 4.69) is 5.32 Å². The molecule has 152 valence electrons. The molecule has 0 saturated heterocycles. The summed E-state index contributed by atoms with van der Waals surface area (Å²) in [6.07, 6.45) is 1.18. The molecule has 1 N–H and O–H groups in total. The largest absolute Gasteiger partial charge is 0.423 e. The number of hydrogen-bond donors (Lipinski definition) is 1. The smallest absolute Gasteiger partial charge is 0.308 e. The summed E-state index contributed by atoms with van der Waals surface area (Å²) in [6.45, 7) is 2.56. The Balaban J connectivity index is 1.64. The molecule has 2 heterocycles. The van der Waals surface area contributed by atoms with E-state index in [0.29, 0.717) is 12.8 Å². The van der Waals surface area contributed by atoms with E-state index in [1.165, 1.54) is 25.2 Å². The molecule has 2 aromatic carbocycles. The van der Waals surface area contributed by atoms with Crippen molar-refractivity contribution in [2.75, 3.05) is 5.32 Å². The average molecular weight is 422 g/mol. The third-order valence-electron chi connectivity index (χ3n) is 4.50. The van der Waals surface area contributed by atoms with Crippen LogP contribution in [0, 0.1) is 0 Å². The first kappa shape index (κ1) is 19.8. The summed E-state index contributed by atoms with van der Waals surface area (Å²) in [6, 6.07) is 10.8. The molecule has 0 unspecified atom stereocenters. The van der Waals surface area contributed by atoms with Gasteiger partial charge in [0.15, 0.2) is 11.5 Å². The van der Waals surface area contributed by atoms with E-state index in [1.54, 1.807) is 18.2 Å². The minimum absolute atomic E-state index is 0.0342. The van der Waals surface area contributed by atoms with Crippen molar-refractivity contribution in [2.45, 2.75) is 26.7 Å². The van der Waals surface area contributed by atoms with Gasteiger partial charge < -0.3 is 14.8 Å². The Bertz CT molecular complexity index is 1170. The molecular formula is C22H18N2O5S. The standard InChI is InChI=1S/C22H18N2O5S/c1-12(25)28-19-7-4-16(10-20(19)29-13(2)26)22-24-18(11-30-22)15-3-6-17-14(9-15)5-8-21(27)23-17/h3-4,6-7,9-11H,5,8H2,1-2H3,(H,23,27). The summed E-state index contributed by atoms with van der Waals surface area (Å²) < 4.78 is 10.3. The van der Waals surface area contributed by atoms with Gasteiger partial charge in [0.25, 0.3) is 0 Å². The van der Waals surface area contributed by atoms with Crippen LogP contribution in [0.25, 0.3) is 21.8 Å². The lowest BCUT2D eigenvalue weighted by molar-refractivity contribution is -0.134. The van der Waals surface area contributed by atoms with Crippen LogP contribution in [0.1, 0.15) is 25.8 Å². The molecule has 1 aliphatic heterocycles. The molecule has 30 heavy (non-hydrogen) atoms. The Morgan fingerprint density at radius 3 is 2.47 bits per heavy atom. The Morgan fingerprint density at radius 1 is 0.967 bits per heavy atom. The maximum absolute atomic E-state index is 11.5. The number of amides is 1. The van der Waals surface area contributed by atoms with Gasteiger partial charge in [-0.05, 0) is 42.3 Å². The average Bonchev–Trinajstić information content (AvgIpc) is 3.18. The van der Waals surface area contributed by atoms with Crippen molar-refractivity contribution in [3.63, 3.8) is 0 Å². The summed E-state index contributed by atoms with van der Waals surface area (Å²) in [4.78, 5) is 39.0. The normalized spacial score (nSPS) is 12.7. The van der Waals surface area contributed by atoms with Crippen molar-refractivity contribution in [2.24, 2.45) is 0 Å². The second kappa shape index (κ2) is 8.08. The Kier molecular flexibility index (Phi) is 5.33. The minimum Gasteiger partial charge on any atom is -0.423 e. The van der Waals surface area contributed by atoms with Crippen molar-refractivity contribution < 1.29 is 23.9 Å². The zero-order valence-electron chi connectivity index (χ0n) is 16.4. The summed E-state index contributed by atoms with van der Waals surface area (Å²) in [5.74, 6) is -0.642. The first-order chi connectivity index (χ1) is 14.4. The highest BCUT2D eigenvalue weighted by molar-refractivity contribution is 7.13. The molecule has 3 aromatic rings.